The maximum atomic E-state index is 12.0. The molecular weight excluding hydrogens is 408 g/mol. The number of carbonyl (C=O) groups is 2. The summed E-state index contributed by atoms with van der Waals surface area (Å²) in [6, 6.07) is 1.77. The second-order valence-electron chi connectivity index (χ2n) is 9.43. The van der Waals surface area contributed by atoms with Crippen molar-refractivity contribution in [3.8, 4) is 0 Å². The fourth-order valence-electron chi connectivity index (χ4n) is 4.78. The number of carbonyl (C=O) groups excluding carboxylic acids is 2. The lowest BCUT2D eigenvalue weighted by Crippen LogP contribution is -2.59. The Balaban J connectivity index is 1.54. The lowest BCUT2D eigenvalue weighted by atomic mass is 9.79. The Hall–Kier alpha value is -3.10. The molecule has 0 saturated carbocycles. The topological polar surface area (TPSA) is 104 Å². The summed E-state index contributed by atoms with van der Waals surface area (Å²) in [7, 11) is 1.65. The Morgan fingerprint density at radius 1 is 1.31 bits per heavy atom. The normalized spacial score (nSPS) is 18.1. The van der Waals surface area contributed by atoms with Gasteiger partial charge in [-0.1, -0.05) is 20.4 Å². The maximum Gasteiger partial charge on any atom is 0.245 e. The molecule has 9 nitrogen and oxygen atoms in total. The van der Waals surface area contributed by atoms with Crippen LogP contribution in [0, 0.1) is 11.3 Å². The number of nitrogens with zero attached hydrogens (tertiary/aromatic N) is 4. The Kier molecular flexibility index (Phi) is 6.08. The molecule has 0 aromatic carbocycles. The van der Waals surface area contributed by atoms with E-state index < -0.39 is 0 Å². The van der Waals surface area contributed by atoms with E-state index in [-0.39, 0.29) is 23.3 Å². The Morgan fingerprint density at radius 2 is 2.09 bits per heavy atom. The Labute approximate surface area is 188 Å². The number of hydrogen-bond donors (Lipinski definition) is 2. The fraction of sp³-hybridized carbons (Fsp3) is 0.565. The van der Waals surface area contributed by atoms with Crippen LogP contribution in [0.5, 0.6) is 0 Å². The molecule has 1 unspecified atom stereocenters. The molecular formula is C23H32N6O3. The summed E-state index contributed by atoms with van der Waals surface area (Å²) in [6.07, 6.45) is 5.17. The third-order valence-electron chi connectivity index (χ3n) is 6.36. The van der Waals surface area contributed by atoms with Gasteiger partial charge in [-0.15, -0.1) is 0 Å². The van der Waals surface area contributed by atoms with E-state index in [9.17, 15) is 9.59 Å². The average Bonchev–Trinajstić information content (AvgIpc) is 3.38. The molecule has 2 aromatic rings. The Morgan fingerprint density at radius 3 is 2.78 bits per heavy atom. The van der Waals surface area contributed by atoms with Crippen LogP contribution in [-0.2, 0) is 9.59 Å². The van der Waals surface area contributed by atoms with Crippen molar-refractivity contribution in [3.63, 3.8) is 0 Å². The lowest BCUT2D eigenvalue weighted by molar-refractivity contribution is -0.136. The van der Waals surface area contributed by atoms with Crippen molar-refractivity contribution in [3.05, 3.63) is 25.0 Å². The highest BCUT2D eigenvalue weighted by molar-refractivity contribution is 5.88. The smallest absolute Gasteiger partial charge is 0.245 e. The van der Waals surface area contributed by atoms with E-state index in [1.807, 2.05) is 11.0 Å². The molecule has 2 aliphatic heterocycles. The highest BCUT2D eigenvalue weighted by Crippen LogP contribution is 2.41. The van der Waals surface area contributed by atoms with Gasteiger partial charge in [0.2, 0.25) is 17.8 Å². The van der Waals surface area contributed by atoms with E-state index in [2.05, 4.69) is 36.0 Å². The van der Waals surface area contributed by atoms with E-state index in [1.165, 1.54) is 6.08 Å². The van der Waals surface area contributed by atoms with E-state index in [4.69, 9.17) is 14.4 Å². The van der Waals surface area contributed by atoms with Gasteiger partial charge < -0.3 is 24.9 Å². The SMILES string of the molecule is C=CC(=O)N1CC2(CCN(c3nc(NC(CC(=O)NC)CC(C)C)c4occc4n3)C2)C1. The van der Waals surface area contributed by atoms with Crippen LogP contribution in [0.25, 0.3) is 11.1 Å². The number of aromatic nitrogens is 2. The van der Waals surface area contributed by atoms with Gasteiger partial charge in [0.1, 0.15) is 5.52 Å². The molecule has 2 amide bonds. The quantitative estimate of drug-likeness (QED) is 0.608. The van der Waals surface area contributed by atoms with Crippen molar-refractivity contribution in [2.45, 2.75) is 39.2 Å². The predicted octanol–water partition coefficient (Wildman–Crippen LogP) is 2.41. The van der Waals surface area contributed by atoms with Crippen LogP contribution in [0.3, 0.4) is 0 Å². The number of hydrogen-bond acceptors (Lipinski definition) is 7. The number of nitrogens with one attached hydrogen (secondary N) is 2. The summed E-state index contributed by atoms with van der Waals surface area (Å²) in [5.41, 5.74) is 1.43. The van der Waals surface area contributed by atoms with Crippen molar-refractivity contribution in [1.82, 2.24) is 20.2 Å². The first-order valence-corrected chi connectivity index (χ1v) is 11.2. The predicted molar refractivity (Wildman–Crippen MR) is 123 cm³/mol. The van der Waals surface area contributed by atoms with Gasteiger partial charge in [-0.25, -0.2) is 4.98 Å². The van der Waals surface area contributed by atoms with Crippen molar-refractivity contribution in [2.75, 3.05) is 43.4 Å². The van der Waals surface area contributed by atoms with Crippen LogP contribution in [0.15, 0.2) is 29.4 Å². The fourth-order valence-corrected chi connectivity index (χ4v) is 4.78. The van der Waals surface area contributed by atoms with Gasteiger partial charge in [-0.05, 0) is 24.8 Å². The first kappa shape index (κ1) is 22.1. The van der Waals surface area contributed by atoms with Crippen LogP contribution in [0.4, 0.5) is 11.8 Å². The van der Waals surface area contributed by atoms with Crippen LogP contribution >= 0.6 is 0 Å². The third-order valence-corrected chi connectivity index (χ3v) is 6.36. The summed E-state index contributed by atoms with van der Waals surface area (Å²) >= 11 is 0. The minimum atomic E-state index is -0.0685. The molecule has 4 heterocycles. The highest BCUT2D eigenvalue weighted by Gasteiger charge is 2.49. The van der Waals surface area contributed by atoms with Crippen molar-refractivity contribution in [1.29, 1.82) is 0 Å². The van der Waals surface area contributed by atoms with Gasteiger partial charge >= 0.3 is 0 Å². The number of likely N-dealkylation sites (tertiary alicyclic amines) is 1. The zero-order chi connectivity index (χ0) is 22.9. The number of rotatable bonds is 8. The van der Waals surface area contributed by atoms with Crippen LogP contribution in [0.2, 0.25) is 0 Å². The molecule has 4 rings (SSSR count). The van der Waals surface area contributed by atoms with Crippen LogP contribution < -0.4 is 15.5 Å². The molecule has 9 heteroatoms. The molecule has 0 bridgehead atoms. The summed E-state index contributed by atoms with van der Waals surface area (Å²) in [5, 5.41) is 6.15. The van der Waals surface area contributed by atoms with E-state index in [1.54, 1.807) is 13.3 Å². The highest BCUT2D eigenvalue weighted by atomic mass is 16.3. The molecule has 2 N–H and O–H groups in total. The van der Waals surface area contributed by atoms with E-state index in [0.29, 0.717) is 29.7 Å². The van der Waals surface area contributed by atoms with Gasteiger partial charge in [0.05, 0.1) is 6.26 Å². The molecule has 0 radical (unpaired) electrons. The molecule has 0 aliphatic carbocycles. The average molecular weight is 441 g/mol. The van der Waals surface area contributed by atoms with Gasteiger partial charge in [-0.3, -0.25) is 9.59 Å². The molecule has 2 fully saturated rings. The van der Waals surface area contributed by atoms with Gasteiger partial charge in [0.15, 0.2) is 11.4 Å². The van der Waals surface area contributed by atoms with Crippen LogP contribution in [0.1, 0.15) is 33.1 Å². The minimum Gasteiger partial charge on any atom is -0.459 e. The third kappa shape index (κ3) is 4.42. The van der Waals surface area contributed by atoms with E-state index >= 15 is 0 Å². The van der Waals surface area contributed by atoms with Gasteiger partial charge in [0, 0.05) is 57.2 Å². The number of fused-ring (bicyclic) bond motifs is 1. The van der Waals surface area contributed by atoms with Crippen molar-refractivity contribution >= 4 is 34.7 Å². The summed E-state index contributed by atoms with van der Waals surface area (Å²) in [4.78, 5) is 37.4. The second-order valence-corrected chi connectivity index (χ2v) is 9.43. The second kappa shape index (κ2) is 8.80. The molecule has 2 aromatic heterocycles. The van der Waals surface area contributed by atoms with Gasteiger partial charge in [-0.2, -0.15) is 4.98 Å². The first-order valence-electron chi connectivity index (χ1n) is 11.2. The lowest BCUT2D eigenvalue weighted by Gasteiger charge is -2.47. The zero-order valence-corrected chi connectivity index (χ0v) is 19.1. The maximum absolute atomic E-state index is 12.0. The number of anilines is 2. The van der Waals surface area contributed by atoms with Crippen LogP contribution in [-0.4, -0.2) is 66.0 Å². The molecule has 32 heavy (non-hydrogen) atoms. The van der Waals surface area contributed by atoms with Crippen molar-refractivity contribution < 1.29 is 14.0 Å². The largest absolute Gasteiger partial charge is 0.459 e. The van der Waals surface area contributed by atoms with Crippen molar-refractivity contribution in [2.24, 2.45) is 11.3 Å². The number of furan rings is 1. The Bertz CT molecular complexity index is 1010. The minimum absolute atomic E-state index is 0.0102. The molecule has 1 spiro atoms. The monoisotopic (exact) mass is 440 g/mol. The molecule has 172 valence electrons. The summed E-state index contributed by atoms with van der Waals surface area (Å²) in [6.45, 7) is 11.0. The number of amides is 2. The van der Waals surface area contributed by atoms with E-state index in [0.717, 1.165) is 44.5 Å². The standard InChI is InChI=1S/C23H32N6O3/c1-5-19(31)29-13-23(14-29)7-8-28(12-23)22-26-17-6-9-32-20(17)21(27-22)25-16(10-15(2)3)11-18(30)24-4/h5-6,9,15-16H,1,7-8,10-14H2,2-4H3,(H,24,30)(H,25,26,27). The summed E-state index contributed by atoms with van der Waals surface area (Å²) < 4.78 is 5.67. The first-order chi connectivity index (χ1) is 15.3. The summed E-state index contributed by atoms with van der Waals surface area (Å²) in [5.74, 6) is 1.66. The molecule has 1 atom stereocenters. The van der Waals surface area contributed by atoms with Gasteiger partial charge in [0.25, 0.3) is 0 Å². The zero-order valence-electron chi connectivity index (χ0n) is 19.1. The molecule has 2 aliphatic rings. The molecule has 2 saturated heterocycles.